The van der Waals surface area contributed by atoms with Gasteiger partial charge in [0.05, 0.1) is 24.1 Å². The summed E-state index contributed by atoms with van der Waals surface area (Å²) in [5.41, 5.74) is -0.378. The smallest absolute Gasteiger partial charge is 0.337 e. The van der Waals surface area contributed by atoms with E-state index in [4.69, 9.17) is 9.84 Å². The van der Waals surface area contributed by atoms with E-state index in [1.807, 2.05) is 0 Å². The van der Waals surface area contributed by atoms with Gasteiger partial charge in [-0.15, -0.1) is 0 Å². The van der Waals surface area contributed by atoms with E-state index in [0.29, 0.717) is 0 Å². The molecule has 0 spiro atoms. The van der Waals surface area contributed by atoms with Gasteiger partial charge in [0, 0.05) is 12.7 Å². The van der Waals surface area contributed by atoms with Crippen LogP contribution in [0.25, 0.3) is 5.52 Å². The molecule has 2 aromatic heterocycles. The summed E-state index contributed by atoms with van der Waals surface area (Å²) in [6, 6.07) is 0. The Bertz CT molecular complexity index is 624. The van der Waals surface area contributed by atoms with Crippen molar-refractivity contribution in [2.24, 2.45) is 0 Å². The fourth-order valence-electron chi connectivity index (χ4n) is 1.79. The molecule has 0 radical (unpaired) electrons. The number of rotatable bonds is 3. The minimum absolute atomic E-state index is 0.0569. The van der Waals surface area contributed by atoms with Crippen molar-refractivity contribution in [2.75, 3.05) is 7.11 Å². The molecule has 0 saturated heterocycles. The van der Waals surface area contributed by atoms with Gasteiger partial charge in [-0.25, -0.2) is 18.1 Å². The minimum Gasteiger partial charge on any atom is -0.478 e. The number of hydrogen-bond donors (Lipinski definition) is 1. The number of fused-ring (bicyclic) bond motifs is 1. The Morgan fingerprint density at radius 3 is 2.78 bits per heavy atom. The predicted molar refractivity (Wildman–Crippen MR) is 57.5 cm³/mol. The van der Waals surface area contributed by atoms with Gasteiger partial charge in [-0.1, -0.05) is 0 Å². The van der Waals surface area contributed by atoms with Gasteiger partial charge in [0.15, 0.2) is 11.6 Å². The number of aromatic carboxylic acids is 1. The molecule has 0 fully saturated rings. The number of hydrogen-bond acceptors (Lipinski definition) is 3. The quantitative estimate of drug-likeness (QED) is 0.912. The zero-order valence-corrected chi connectivity index (χ0v) is 9.65. The summed E-state index contributed by atoms with van der Waals surface area (Å²) in [6.45, 7) is 1.55. The van der Waals surface area contributed by atoms with E-state index in [0.717, 1.165) is 16.9 Å². The zero-order valence-electron chi connectivity index (χ0n) is 9.65. The van der Waals surface area contributed by atoms with Crippen LogP contribution in [0.15, 0.2) is 12.4 Å². The van der Waals surface area contributed by atoms with E-state index >= 15 is 0 Å². The van der Waals surface area contributed by atoms with Gasteiger partial charge in [-0.05, 0) is 6.92 Å². The number of methoxy groups -OCH3 is 1. The highest BCUT2D eigenvalue weighted by atomic mass is 19.2. The highest BCUT2D eigenvalue weighted by Crippen LogP contribution is 2.28. The van der Waals surface area contributed by atoms with Gasteiger partial charge in [0.2, 0.25) is 0 Å². The summed E-state index contributed by atoms with van der Waals surface area (Å²) in [7, 11) is 1.35. The van der Waals surface area contributed by atoms with Crippen LogP contribution in [0.5, 0.6) is 0 Å². The first kappa shape index (κ1) is 12.4. The van der Waals surface area contributed by atoms with E-state index in [9.17, 15) is 13.6 Å². The van der Waals surface area contributed by atoms with Crippen molar-refractivity contribution in [1.82, 2.24) is 9.61 Å². The monoisotopic (exact) mass is 256 g/mol. The highest BCUT2D eigenvalue weighted by molar-refractivity contribution is 5.91. The number of ether oxygens (including phenoxy) is 1. The Morgan fingerprint density at radius 2 is 2.22 bits per heavy atom. The summed E-state index contributed by atoms with van der Waals surface area (Å²) in [5.74, 6) is -3.50. The lowest BCUT2D eigenvalue weighted by molar-refractivity contribution is 0.0683. The minimum atomic E-state index is -1.27. The van der Waals surface area contributed by atoms with Crippen molar-refractivity contribution in [1.29, 1.82) is 0 Å². The van der Waals surface area contributed by atoms with Gasteiger partial charge in [-0.2, -0.15) is 5.10 Å². The molecular formula is C11H10F2N2O3. The number of carboxylic acid groups (broad SMARTS) is 1. The molecule has 2 rings (SSSR count). The first-order valence-corrected chi connectivity index (χ1v) is 5.08. The molecule has 7 heteroatoms. The molecule has 1 N–H and O–H groups in total. The van der Waals surface area contributed by atoms with Crippen LogP contribution in [-0.4, -0.2) is 27.8 Å². The van der Waals surface area contributed by atoms with Gasteiger partial charge in [-0.3, -0.25) is 0 Å². The molecule has 0 aliphatic rings. The second kappa shape index (κ2) is 4.34. The van der Waals surface area contributed by atoms with Crippen molar-refractivity contribution >= 4 is 11.5 Å². The topological polar surface area (TPSA) is 63.8 Å². The van der Waals surface area contributed by atoms with Crippen LogP contribution in [0.4, 0.5) is 8.78 Å². The molecule has 0 aromatic carbocycles. The van der Waals surface area contributed by atoms with Crippen molar-refractivity contribution in [3.8, 4) is 0 Å². The van der Waals surface area contributed by atoms with Crippen molar-refractivity contribution < 1.29 is 23.4 Å². The van der Waals surface area contributed by atoms with Crippen molar-refractivity contribution in [3.05, 3.63) is 35.2 Å². The van der Waals surface area contributed by atoms with Crippen LogP contribution in [0, 0.1) is 11.6 Å². The maximum absolute atomic E-state index is 13.7. The van der Waals surface area contributed by atoms with E-state index in [1.165, 1.54) is 7.11 Å². The van der Waals surface area contributed by atoms with Crippen LogP contribution in [0.1, 0.15) is 28.9 Å². The van der Waals surface area contributed by atoms with Crippen LogP contribution >= 0.6 is 0 Å². The zero-order chi connectivity index (χ0) is 13.4. The molecule has 18 heavy (non-hydrogen) atoms. The highest BCUT2D eigenvalue weighted by Gasteiger charge is 2.24. The SMILES string of the molecule is CO[C@@H](C)c1c(C(=O)O)cnn2cc(F)c(F)c12. The Balaban J connectivity index is 2.88. The van der Waals surface area contributed by atoms with Gasteiger partial charge in [0.25, 0.3) is 0 Å². The standard InChI is InChI=1S/C11H10F2N2O3/c1-5(18-2)8-6(11(16)17)3-14-15-4-7(12)9(13)10(8)15/h3-5H,1-2H3,(H,16,17)/t5-/m0/s1. The van der Waals surface area contributed by atoms with E-state index in [-0.39, 0.29) is 16.6 Å². The molecule has 5 nitrogen and oxygen atoms in total. The molecule has 2 aromatic rings. The van der Waals surface area contributed by atoms with Gasteiger partial charge >= 0.3 is 5.97 Å². The molecule has 96 valence electrons. The molecule has 0 saturated carbocycles. The largest absolute Gasteiger partial charge is 0.478 e. The summed E-state index contributed by atoms with van der Waals surface area (Å²) in [5, 5.41) is 12.7. The van der Waals surface area contributed by atoms with Crippen LogP contribution in [0.2, 0.25) is 0 Å². The Kier molecular flexibility index (Phi) is 3.00. The molecule has 0 unspecified atom stereocenters. The molecule has 0 amide bonds. The molecule has 1 atom stereocenters. The third-order valence-electron chi connectivity index (χ3n) is 2.73. The predicted octanol–water partition coefficient (Wildman–Crippen LogP) is 2.02. The molecule has 0 aliphatic carbocycles. The Morgan fingerprint density at radius 1 is 1.56 bits per heavy atom. The van der Waals surface area contributed by atoms with Gasteiger partial charge < -0.3 is 9.84 Å². The second-order valence-corrected chi connectivity index (χ2v) is 3.74. The van der Waals surface area contributed by atoms with E-state index in [1.54, 1.807) is 6.92 Å². The number of aromatic nitrogens is 2. The van der Waals surface area contributed by atoms with E-state index in [2.05, 4.69) is 5.10 Å². The molecule has 2 heterocycles. The summed E-state index contributed by atoms with van der Waals surface area (Å²) < 4.78 is 32.8. The van der Waals surface area contributed by atoms with Crippen LogP contribution in [-0.2, 0) is 4.74 Å². The number of carbonyl (C=O) groups is 1. The number of nitrogens with zero attached hydrogens (tertiary/aromatic N) is 2. The average Bonchev–Trinajstić information content (AvgIpc) is 2.63. The normalized spacial score (nSPS) is 12.9. The number of halogens is 2. The Labute approximate surface area is 101 Å². The molecular weight excluding hydrogens is 246 g/mol. The lowest BCUT2D eigenvalue weighted by atomic mass is 10.0. The molecule has 0 aliphatic heterocycles. The van der Waals surface area contributed by atoms with Gasteiger partial charge in [0.1, 0.15) is 5.52 Å². The first-order chi connectivity index (χ1) is 8.47. The molecule has 0 bridgehead atoms. The fraction of sp³-hybridized carbons (Fsp3) is 0.273. The van der Waals surface area contributed by atoms with Crippen molar-refractivity contribution in [3.63, 3.8) is 0 Å². The first-order valence-electron chi connectivity index (χ1n) is 5.08. The maximum atomic E-state index is 13.7. The summed E-state index contributed by atoms with van der Waals surface area (Å²) in [4.78, 5) is 11.1. The van der Waals surface area contributed by atoms with Crippen LogP contribution < -0.4 is 0 Å². The number of carboxylic acids is 1. The van der Waals surface area contributed by atoms with E-state index < -0.39 is 23.7 Å². The second-order valence-electron chi connectivity index (χ2n) is 3.74. The average molecular weight is 256 g/mol. The summed E-state index contributed by atoms with van der Waals surface area (Å²) in [6.07, 6.45) is 1.19. The maximum Gasteiger partial charge on any atom is 0.337 e. The fourth-order valence-corrected chi connectivity index (χ4v) is 1.79. The lowest BCUT2D eigenvalue weighted by Gasteiger charge is -2.14. The van der Waals surface area contributed by atoms with Crippen molar-refractivity contribution in [2.45, 2.75) is 13.0 Å². The lowest BCUT2D eigenvalue weighted by Crippen LogP contribution is -2.11. The third-order valence-corrected chi connectivity index (χ3v) is 2.73. The third kappa shape index (κ3) is 1.72. The Hall–Kier alpha value is -2.02. The summed E-state index contributed by atoms with van der Waals surface area (Å²) >= 11 is 0. The van der Waals surface area contributed by atoms with Crippen LogP contribution in [0.3, 0.4) is 0 Å².